The van der Waals surface area contributed by atoms with Crippen LogP contribution in [0.25, 0.3) is 0 Å². The van der Waals surface area contributed by atoms with Gasteiger partial charge in [-0.25, -0.2) is 4.79 Å². The van der Waals surface area contributed by atoms with E-state index in [0.717, 1.165) is 4.57 Å². The molecule has 0 aliphatic rings. The number of nitrogens with zero attached hydrogens (tertiary/aromatic N) is 1. The van der Waals surface area contributed by atoms with Crippen molar-refractivity contribution in [1.82, 2.24) is 4.57 Å². The number of hydrogen-bond donors (Lipinski definition) is 1. The van der Waals surface area contributed by atoms with Crippen molar-refractivity contribution in [2.75, 3.05) is 0 Å². The lowest BCUT2D eigenvalue weighted by atomic mass is 10.0. The molecule has 0 aromatic carbocycles. The molecule has 5 heteroatoms. The minimum atomic E-state index is -1.03. The number of aliphatic carboxylic acids is 1. The molecule has 0 saturated heterocycles. The van der Waals surface area contributed by atoms with Gasteiger partial charge in [-0.05, 0) is 12.0 Å². The van der Waals surface area contributed by atoms with Crippen LogP contribution in [0.4, 0.5) is 0 Å². The number of rotatable bonds is 3. The molecule has 0 fully saturated rings. The number of pyridine rings is 1. The van der Waals surface area contributed by atoms with Crippen molar-refractivity contribution in [1.29, 1.82) is 0 Å². The highest BCUT2D eigenvalue weighted by Crippen LogP contribution is 2.17. The Hall–Kier alpha value is -1.29. The molecule has 1 N–H and O–H groups in total. The molecule has 1 aromatic rings. The second-order valence-electron chi connectivity index (χ2n) is 3.62. The Morgan fingerprint density at radius 2 is 2.07 bits per heavy atom. The second-order valence-corrected chi connectivity index (χ2v) is 4.06. The van der Waals surface area contributed by atoms with Crippen molar-refractivity contribution >= 4 is 17.6 Å². The zero-order valence-corrected chi connectivity index (χ0v) is 9.23. The van der Waals surface area contributed by atoms with Gasteiger partial charge in [0.25, 0.3) is 5.56 Å². The van der Waals surface area contributed by atoms with Gasteiger partial charge in [-0.15, -0.1) is 0 Å². The first-order chi connectivity index (χ1) is 6.93. The van der Waals surface area contributed by atoms with Gasteiger partial charge in [0.1, 0.15) is 6.04 Å². The summed E-state index contributed by atoms with van der Waals surface area (Å²) in [7, 11) is 0. The lowest BCUT2D eigenvalue weighted by Gasteiger charge is -2.18. The van der Waals surface area contributed by atoms with E-state index in [1.165, 1.54) is 18.3 Å². The zero-order chi connectivity index (χ0) is 11.6. The highest BCUT2D eigenvalue weighted by Gasteiger charge is 2.24. The smallest absolute Gasteiger partial charge is 0.327 e. The van der Waals surface area contributed by atoms with Crippen LogP contribution >= 0.6 is 11.6 Å². The van der Waals surface area contributed by atoms with Crippen LogP contribution in [0.1, 0.15) is 19.9 Å². The van der Waals surface area contributed by atoms with E-state index >= 15 is 0 Å². The predicted octanol–water partition coefficient (Wildman–Crippen LogP) is 1.78. The van der Waals surface area contributed by atoms with Crippen LogP contribution in [-0.2, 0) is 4.79 Å². The van der Waals surface area contributed by atoms with Crippen LogP contribution in [0.3, 0.4) is 0 Å². The van der Waals surface area contributed by atoms with Crippen molar-refractivity contribution in [3.8, 4) is 0 Å². The van der Waals surface area contributed by atoms with Gasteiger partial charge in [-0.3, -0.25) is 9.36 Å². The molecule has 0 bridgehead atoms. The lowest BCUT2D eigenvalue weighted by molar-refractivity contribution is -0.142. The number of carbonyl (C=O) groups is 1. The average molecular weight is 230 g/mol. The highest BCUT2D eigenvalue weighted by atomic mass is 35.5. The monoisotopic (exact) mass is 229 g/mol. The van der Waals surface area contributed by atoms with Gasteiger partial charge in [0.15, 0.2) is 0 Å². The van der Waals surface area contributed by atoms with Gasteiger partial charge in [0.05, 0.1) is 5.02 Å². The van der Waals surface area contributed by atoms with Crippen LogP contribution in [0, 0.1) is 5.92 Å². The Morgan fingerprint density at radius 3 is 2.53 bits per heavy atom. The first-order valence-electron chi connectivity index (χ1n) is 4.54. The Labute approximate surface area is 92.1 Å². The summed E-state index contributed by atoms with van der Waals surface area (Å²) in [4.78, 5) is 22.5. The summed E-state index contributed by atoms with van der Waals surface area (Å²) in [5.41, 5.74) is -0.361. The number of aromatic nitrogens is 1. The van der Waals surface area contributed by atoms with Crippen LogP contribution in [-0.4, -0.2) is 15.6 Å². The van der Waals surface area contributed by atoms with Crippen molar-refractivity contribution in [2.45, 2.75) is 19.9 Å². The van der Waals surface area contributed by atoms with E-state index in [0.29, 0.717) is 5.02 Å². The first kappa shape index (κ1) is 11.8. The third-order valence-electron chi connectivity index (χ3n) is 2.09. The number of carboxylic acid groups (broad SMARTS) is 1. The number of carboxylic acids is 1. The Balaban J connectivity index is 3.28. The Morgan fingerprint density at radius 1 is 1.47 bits per heavy atom. The first-order valence-corrected chi connectivity index (χ1v) is 4.91. The molecule has 0 aliphatic heterocycles. The summed E-state index contributed by atoms with van der Waals surface area (Å²) < 4.78 is 1.15. The molecule has 1 heterocycles. The number of halogens is 1. The Bertz CT molecular complexity index is 425. The van der Waals surface area contributed by atoms with Crippen LogP contribution < -0.4 is 5.56 Å². The molecular formula is C10H12ClNO3. The fourth-order valence-electron chi connectivity index (χ4n) is 1.42. The van der Waals surface area contributed by atoms with E-state index in [1.54, 1.807) is 13.8 Å². The van der Waals surface area contributed by atoms with E-state index in [1.807, 2.05) is 0 Å². The van der Waals surface area contributed by atoms with E-state index in [-0.39, 0.29) is 11.5 Å². The van der Waals surface area contributed by atoms with Gasteiger partial charge in [-0.2, -0.15) is 0 Å². The molecule has 0 spiro atoms. The molecule has 0 radical (unpaired) electrons. The fraction of sp³-hybridized carbons (Fsp3) is 0.400. The summed E-state index contributed by atoms with van der Waals surface area (Å²) in [6.07, 6.45) is 1.35. The average Bonchev–Trinajstić information content (AvgIpc) is 2.10. The van der Waals surface area contributed by atoms with Gasteiger partial charge in [-0.1, -0.05) is 25.4 Å². The van der Waals surface area contributed by atoms with E-state index in [2.05, 4.69) is 0 Å². The minimum absolute atomic E-state index is 0.182. The molecule has 0 aliphatic carbocycles. The van der Waals surface area contributed by atoms with Gasteiger partial charge >= 0.3 is 5.97 Å². The maximum atomic E-state index is 11.5. The molecular weight excluding hydrogens is 218 g/mol. The van der Waals surface area contributed by atoms with Crippen LogP contribution in [0.15, 0.2) is 23.1 Å². The molecule has 1 aromatic heterocycles. The van der Waals surface area contributed by atoms with Crippen LogP contribution in [0.5, 0.6) is 0 Å². The maximum Gasteiger partial charge on any atom is 0.327 e. The normalized spacial score (nSPS) is 12.8. The van der Waals surface area contributed by atoms with Crippen molar-refractivity contribution in [3.05, 3.63) is 33.7 Å². The van der Waals surface area contributed by atoms with Gasteiger partial charge < -0.3 is 5.11 Å². The zero-order valence-electron chi connectivity index (χ0n) is 8.48. The van der Waals surface area contributed by atoms with Crippen molar-refractivity contribution in [2.24, 2.45) is 5.92 Å². The summed E-state index contributed by atoms with van der Waals surface area (Å²) in [6, 6.07) is 1.83. The second kappa shape index (κ2) is 4.49. The van der Waals surface area contributed by atoms with E-state index in [4.69, 9.17) is 16.7 Å². The fourth-order valence-corrected chi connectivity index (χ4v) is 1.59. The van der Waals surface area contributed by atoms with E-state index < -0.39 is 12.0 Å². The predicted molar refractivity (Wildman–Crippen MR) is 57.2 cm³/mol. The standard InChI is InChI=1S/C10H12ClNO3/c1-6(2)9(10(14)15)12-5-7(11)3-4-8(12)13/h3-6,9H,1-2H3,(H,14,15). The molecule has 82 valence electrons. The Kier molecular flexibility index (Phi) is 3.52. The van der Waals surface area contributed by atoms with Crippen molar-refractivity contribution < 1.29 is 9.90 Å². The molecule has 1 unspecified atom stereocenters. The molecule has 1 rings (SSSR count). The van der Waals surface area contributed by atoms with Crippen molar-refractivity contribution in [3.63, 3.8) is 0 Å². The SMILES string of the molecule is CC(C)C(C(=O)O)n1cc(Cl)ccc1=O. The highest BCUT2D eigenvalue weighted by molar-refractivity contribution is 6.30. The van der Waals surface area contributed by atoms with Gasteiger partial charge in [0.2, 0.25) is 0 Å². The number of hydrogen-bond acceptors (Lipinski definition) is 2. The molecule has 4 nitrogen and oxygen atoms in total. The van der Waals surface area contributed by atoms with Gasteiger partial charge in [0, 0.05) is 12.3 Å². The lowest BCUT2D eigenvalue weighted by Crippen LogP contribution is -2.32. The third kappa shape index (κ3) is 2.59. The maximum absolute atomic E-state index is 11.5. The van der Waals surface area contributed by atoms with E-state index in [9.17, 15) is 9.59 Å². The molecule has 15 heavy (non-hydrogen) atoms. The molecule has 0 saturated carbocycles. The summed E-state index contributed by atoms with van der Waals surface area (Å²) >= 11 is 5.72. The molecule has 1 atom stereocenters. The summed E-state index contributed by atoms with van der Waals surface area (Å²) in [6.45, 7) is 3.48. The van der Waals surface area contributed by atoms with Crippen LogP contribution in [0.2, 0.25) is 5.02 Å². The minimum Gasteiger partial charge on any atom is -0.480 e. The molecule has 0 amide bonds. The largest absolute Gasteiger partial charge is 0.480 e. The quantitative estimate of drug-likeness (QED) is 0.860. The summed E-state index contributed by atoms with van der Waals surface area (Å²) in [5.74, 6) is -1.21. The summed E-state index contributed by atoms with van der Waals surface area (Å²) in [5, 5.41) is 9.36. The third-order valence-corrected chi connectivity index (χ3v) is 2.31. The topological polar surface area (TPSA) is 59.3 Å².